The summed E-state index contributed by atoms with van der Waals surface area (Å²) in [7, 11) is -3.50. The first-order chi connectivity index (χ1) is 6.34. The molecule has 0 unspecified atom stereocenters. The molecule has 0 spiro atoms. The van der Waals surface area contributed by atoms with Gasteiger partial charge in [0.25, 0.3) is 0 Å². The largest absolute Gasteiger partial charge is 0.370 e. The third-order valence-electron chi connectivity index (χ3n) is 1.07. The zero-order valence-corrected chi connectivity index (χ0v) is 8.49. The first-order valence-corrected chi connectivity index (χ1v) is 5.22. The number of rotatable bonds is 1. The van der Waals surface area contributed by atoms with E-state index in [1.165, 1.54) is 19.1 Å². The van der Waals surface area contributed by atoms with Crippen LogP contribution in [-0.2, 0) is 14.8 Å². The van der Waals surface area contributed by atoms with Crippen LogP contribution in [0, 0.1) is 0 Å². The molecule has 0 radical (unpaired) electrons. The minimum Gasteiger partial charge on any atom is -0.370 e. The summed E-state index contributed by atoms with van der Waals surface area (Å²) in [6, 6.07) is 7.89. The van der Waals surface area contributed by atoms with Crippen LogP contribution in [0.5, 0.6) is 0 Å². The molecule has 0 aliphatic heterocycles. The van der Waals surface area contributed by atoms with Crippen molar-refractivity contribution < 1.29 is 13.2 Å². The lowest BCUT2D eigenvalue weighted by Crippen LogP contribution is -2.11. The zero-order valence-electron chi connectivity index (χ0n) is 7.67. The van der Waals surface area contributed by atoms with Gasteiger partial charge in [0.1, 0.15) is 0 Å². The lowest BCUT2D eigenvalue weighted by Gasteiger charge is -1.93. The maximum absolute atomic E-state index is 10.6. The standard InChI is InChI=1S/C6H7NO2S.C2H5NO/c7-10(8,9)6-4-2-1-3-5-6;1-2(3)4/h1-5H,(H2,7,8,9);1H3,(H2,3,4). The molecule has 0 bridgehead atoms. The van der Waals surface area contributed by atoms with Crippen molar-refractivity contribution in [2.45, 2.75) is 11.8 Å². The molecule has 0 fully saturated rings. The molecular weight excluding hydrogens is 204 g/mol. The molecule has 1 aromatic rings. The van der Waals surface area contributed by atoms with E-state index in [1.807, 2.05) is 0 Å². The van der Waals surface area contributed by atoms with Crippen molar-refractivity contribution in [2.24, 2.45) is 10.9 Å². The van der Waals surface area contributed by atoms with E-state index in [9.17, 15) is 13.2 Å². The van der Waals surface area contributed by atoms with Crippen LogP contribution in [0.4, 0.5) is 0 Å². The maximum Gasteiger partial charge on any atom is 0.238 e. The first kappa shape index (κ1) is 12.6. The van der Waals surface area contributed by atoms with Crippen molar-refractivity contribution >= 4 is 15.9 Å². The van der Waals surface area contributed by atoms with Gasteiger partial charge in [-0.05, 0) is 12.1 Å². The molecule has 1 rings (SSSR count). The molecule has 14 heavy (non-hydrogen) atoms. The summed E-state index contributed by atoms with van der Waals surface area (Å²) in [4.78, 5) is 9.37. The number of benzene rings is 1. The summed E-state index contributed by atoms with van der Waals surface area (Å²) < 4.78 is 21.2. The van der Waals surface area contributed by atoms with E-state index in [4.69, 9.17) is 5.14 Å². The lowest BCUT2D eigenvalue weighted by atomic mass is 10.4. The Bertz CT molecular complexity index is 382. The molecule has 0 aliphatic rings. The minimum atomic E-state index is -3.50. The van der Waals surface area contributed by atoms with Gasteiger partial charge in [0.15, 0.2) is 0 Å². The van der Waals surface area contributed by atoms with Crippen LogP contribution < -0.4 is 10.9 Å². The fourth-order valence-electron chi connectivity index (χ4n) is 0.610. The van der Waals surface area contributed by atoms with E-state index in [-0.39, 0.29) is 10.8 Å². The fourth-order valence-corrected chi connectivity index (χ4v) is 1.15. The average molecular weight is 216 g/mol. The molecule has 0 aliphatic carbocycles. The molecule has 0 saturated heterocycles. The van der Waals surface area contributed by atoms with Crippen molar-refractivity contribution in [1.29, 1.82) is 0 Å². The molecular formula is C8H12N2O3S. The Hall–Kier alpha value is -1.40. The molecule has 0 saturated carbocycles. The first-order valence-electron chi connectivity index (χ1n) is 3.68. The van der Waals surface area contributed by atoms with Crippen molar-refractivity contribution in [3.05, 3.63) is 30.3 Å². The van der Waals surface area contributed by atoms with Crippen LogP contribution in [-0.4, -0.2) is 14.3 Å². The SMILES string of the molecule is CC(N)=O.NS(=O)(=O)c1ccccc1. The summed E-state index contributed by atoms with van der Waals surface area (Å²) in [6.07, 6.45) is 0. The summed E-state index contributed by atoms with van der Waals surface area (Å²) in [5, 5.41) is 4.83. The molecule has 0 atom stereocenters. The maximum atomic E-state index is 10.6. The van der Waals surface area contributed by atoms with Gasteiger partial charge in [-0.2, -0.15) is 0 Å². The summed E-state index contributed by atoms with van der Waals surface area (Å²) in [5.74, 6) is -0.333. The van der Waals surface area contributed by atoms with Gasteiger partial charge in [0.05, 0.1) is 4.90 Å². The Morgan fingerprint density at radius 1 is 1.21 bits per heavy atom. The normalized spacial score (nSPS) is 9.86. The molecule has 5 nitrogen and oxygen atoms in total. The Balaban J connectivity index is 0.000000364. The molecule has 4 N–H and O–H groups in total. The predicted molar refractivity (Wildman–Crippen MR) is 52.7 cm³/mol. The van der Waals surface area contributed by atoms with Gasteiger partial charge >= 0.3 is 0 Å². The highest BCUT2D eigenvalue weighted by Crippen LogP contribution is 2.02. The smallest absolute Gasteiger partial charge is 0.238 e. The monoisotopic (exact) mass is 216 g/mol. The van der Waals surface area contributed by atoms with E-state index in [2.05, 4.69) is 5.73 Å². The van der Waals surface area contributed by atoms with Gasteiger partial charge < -0.3 is 5.73 Å². The second kappa shape index (κ2) is 5.36. The molecule has 0 aromatic heterocycles. The van der Waals surface area contributed by atoms with Gasteiger partial charge in [-0.3, -0.25) is 4.79 Å². The number of hydrogen-bond donors (Lipinski definition) is 2. The van der Waals surface area contributed by atoms with Gasteiger partial charge in [0, 0.05) is 6.92 Å². The lowest BCUT2D eigenvalue weighted by molar-refractivity contribution is -0.115. The summed E-state index contributed by atoms with van der Waals surface area (Å²) in [5.41, 5.74) is 4.47. The second-order valence-electron chi connectivity index (χ2n) is 2.47. The molecule has 78 valence electrons. The quantitative estimate of drug-likeness (QED) is 0.680. The van der Waals surface area contributed by atoms with E-state index in [0.29, 0.717) is 0 Å². The van der Waals surface area contributed by atoms with Gasteiger partial charge in [0.2, 0.25) is 15.9 Å². The second-order valence-corrected chi connectivity index (χ2v) is 4.03. The van der Waals surface area contributed by atoms with E-state index in [1.54, 1.807) is 18.2 Å². The third kappa shape index (κ3) is 6.15. The number of nitrogens with two attached hydrogens (primary N) is 2. The van der Waals surface area contributed by atoms with Crippen molar-refractivity contribution in [1.82, 2.24) is 0 Å². The minimum absolute atomic E-state index is 0.148. The number of carbonyl (C=O) groups excluding carboxylic acids is 1. The summed E-state index contributed by atoms with van der Waals surface area (Å²) >= 11 is 0. The number of amides is 1. The Morgan fingerprint density at radius 2 is 1.57 bits per heavy atom. The van der Waals surface area contributed by atoms with E-state index >= 15 is 0 Å². The highest BCUT2D eigenvalue weighted by Gasteiger charge is 2.03. The van der Waals surface area contributed by atoms with Crippen molar-refractivity contribution in [3.8, 4) is 0 Å². The van der Waals surface area contributed by atoms with Crippen molar-refractivity contribution in [3.63, 3.8) is 0 Å². The van der Waals surface area contributed by atoms with Crippen molar-refractivity contribution in [2.75, 3.05) is 0 Å². The highest BCUT2D eigenvalue weighted by molar-refractivity contribution is 7.89. The number of sulfonamides is 1. The molecule has 1 aromatic carbocycles. The van der Waals surface area contributed by atoms with Crippen LogP contribution in [0.25, 0.3) is 0 Å². The Morgan fingerprint density at radius 3 is 1.79 bits per heavy atom. The van der Waals surface area contributed by atoms with Crippen LogP contribution in [0.3, 0.4) is 0 Å². The Kier molecular flexibility index (Phi) is 4.82. The number of primary sulfonamides is 1. The fraction of sp³-hybridized carbons (Fsp3) is 0.125. The van der Waals surface area contributed by atoms with Gasteiger partial charge in [-0.25, -0.2) is 13.6 Å². The van der Waals surface area contributed by atoms with E-state index < -0.39 is 10.0 Å². The average Bonchev–Trinajstić information content (AvgIpc) is 2.03. The van der Waals surface area contributed by atoms with Crippen LogP contribution in [0.1, 0.15) is 6.92 Å². The van der Waals surface area contributed by atoms with Gasteiger partial charge in [-0.15, -0.1) is 0 Å². The molecule has 0 heterocycles. The number of hydrogen-bond acceptors (Lipinski definition) is 3. The predicted octanol–water partition coefficient (Wildman–Crippen LogP) is -0.174. The van der Waals surface area contributed by atoms with Crippen LogP contribution in [0.15, 0.2) is 35.2 Å². The van der Waals surface area contributed by atoms with Gasteiger partial charge in [-0.1, -0.05) is 18.2 Å². The zero-order chi connectivity index (χ0) is 11.2. The number of primary amides is 1. The number of carbonyl (C=O) groups is 1. The Labute approximate surface area is 82.8 Å². The molecule has 1 amide bonds. The topological polar surface area (TPSA) is 103 Å². The van der Waals surface area contributed by atoms with E-state index in [0.717, 1.165) is 0 Å². The van der Waals surface area contributed by atoms with Crippen LogP contribution in [0.2, 0.25) is 0 Å². The third-order valence-corrected chi connectivity index (χ3v) is 2.00. The highest BCUT2D eigenvalue weighted by atomic mass is 32.2. The molecule has 6 heteroatoms. The van der Waals surface area contributed by atoms with Crippen LogP contribution >= 0.6 is 0 Å². The summed E-state index contributed by atoms with van der Waals surface area (Å²) in [6.45, 7) is 1.31.